The van der Waals surface area contributed by atoms with Crippen LogP contribution in [0.4, 0.5) is 0 Å². The lowest BCUT2D eigenvalue weighted by Gasteiger charge is -2.18. The normalized spacial score (nSPS) is 15.6. The Balaban J connectivity index is 4.80. The van der Waals surface area contributed by atoms with E-state index in [1.165, 1.54) is 6.92 Å². The molecule has 0 heterocycles. The van der Waals surface area contributed by atoms with E-state index < -0.39 is 36.8 Å². The Morgan fingerprint density at radius 3 is 2.75 bits per heavy atom. The highest BCUT2D eigenvalue weighted by Gasteiger charge is 2.25. The molecule has 0 spiro atoms. The number of hydrogen-bond donors (Lipinski definition) is 1. The maximum absolute atomic E-state index is 11.9. The van der Waals surface area contributed by atoms with Crippen LogP contribution in [-0.2, 0) is 23.9 Å². The predicted octanol–water partition coefficient (Wildman–Crippen LogP) is -0.281. The van der Waals surface area contributed by atoms with Crippen molar-refractivity contribution in [3.8, 4) is 0 Å². The number of rotatable bonds is 9. The summed E-state index contributed by atoms with van der Waals surface area (Å²) < 4.78 is 30.1. The molecule has 0 aromatic rings. The summed E-state index contributed by atoms with van der Waals surface area (Å²) in [4.78, 5) is 37.5. The van der Waals surface area contributed by atoms with Gasteiger partial charge in [0.1, 0.15) is 12.1 Å². The van der Waals surface area contributed by atoms with Crippen LogP contribution in [0, 0.1) is 0 Å². The summed E-state index contributed by atoms with van der Waals surface area (Å²) in [5.74, 6) is -2.15. The topological polar surface area (TPSA) is 118 Å². The van der Waals surface area contributed by atoms with E-state index in [-0.39, 0.29) is 19.4 Å². The van der Waals surface area contributed by atoms with Gasteiger partial charge in [0.25, 0.3) is 0 Å². The third-order valence-electron chi connectivity index (χ3n) is 2.31. The van der Waals surface area contributed by atoms with E-state index in [9.17, 15) is 14.4 Å². The molecular weight excluding hydrogens is 266 g/mol. The maximum atomic E-state index is 11.9. The summed E-state index contributed by atoms with van der Waals surface area (Å²) in [6.07, 6.45) is -0.933. The van der Waals surface area contributed by atoms with Gasteiger partial charge in [0, 0.05) is 13.5 Å². The number of ether oxygens (including phenoxy) is 2. The molecule has 2 atom stereocenters. The van der Waals surface area contributed by atoms with E-state index >= 15 is 0 Å². The van der Waals surface area contributed by atoms with E-state index in [0.717, 1.165) is 0 Å². The lowest BCUT2D eigenvalue weighted by Crippen LogP contribution is -2.46. The van der Waals surface area contributed by atoms with Gasteiger partial charge in [0.05, 0.1) is 10.7 Å². The minimum Gasteiger partial charge on any atom is -0.464 e. The zero-order valence-electron chi connectivity index (χ0n) is 14.3. The van der Waals surface area contributed by atoms with Crippen molar-refractivity contribution in [3.05, 3.63) is 5.53 Å². The molecule has 0 radical (unpaired) electrons. The number of nitrogens with one attached hydrogen (secondary N) is 1. The summed E-state index contributed by atoms with van der Waals surface area (Å²) in [5.41, 5.74) is 8.24. The Morgan fingerprint density at radius 1 is 1.50 bits per heavy atom. The first kappa shape index (κ1) is 13.0. The van der Waals surface area contributed by atoms with Crippen LogP contribution in [0.5, 0.6) is 0 Å². The highest BCUT2D eigenvalue weighted by Crippen LogP contribution is 2.02. The quantitative estimate of drug-likeness (QED) is 0.271. The number of carbonyl (C=O) groups is 3. The Kier molecular flexibility index (Phi) is 6.37. The van der Waals surface area contributed by atoms with Crippen LogP contribution in [0.3, 0.4) is 0 Å². The summed E-state index contributed by atoms with van der Waals surface area (Å²) in [6.45, 7) is 2.85. The SMILES string of the molecule is [2H]C([2H])([2H])O[C@@H](C)C(=O)N[C@@H](CCC(=O)C=[N+]=[N-])C(=O)OCC. The van der Waals surface area contributed by atoms with Crippen LogP contribution >= 0.6 is 0 Å². The molecule has 0 fully saturated rings. The fourth-order valence-corrected chi connectivity index (χ4v) is 1.25. The zero-order valence-corrected chi connectivity index (χ0v) is 11.3. The van der Waals surface area contributed by atoms with Crippen molar-refractivity contribution in [2.45, 2.75) is 38.8 Å². The second-order valence-electron chi connectivity index (χ2n) is 3.82. The minimum absolute atomic E-state index is 0.0680. The van der Waals surface area contributed by atoms with Crippen molar-refractivity contribution in [1.29, 1.82) is 0 Å². The molecule has 20 heavy (non-hydrogen) atoms. The first-order valence-electron chi connectivity index (χ1n) is 7.45. The van der Waals surface area contributed by atoms with Gasteiger partial charge in [-0.1, -0.05) is 0 Å². The van der Waals surface area contributed by atoms with E-state index in [1.54, 1.807) is 6.92 Å². The number of carbonyl (C=O) groups excluding carboxylic acids is 3. The van der Waals surface area contributed by atoms with Crippen LogP contribution < -0.4 is 5.32 Å². The molecule has 8 heteroatoms. The molecule has 0 aromatic carbocycles. The number of esters is 1. The van der Waals surface area contributed by atoms with Crippen molar-refractivity contribution < 1.29 is 32.8 Å². The lowest BCUT2D eigenvalue weighted by atomic mass is 10.1. The number of methoxy groups -OCH3 is 1. The minimum atomic E-state index is -2.76. The largest absolute Gasteiger partial charge is 0.464 e. The zero-order chi connectivity index (χ0) is 18.0. The molecule has 1 N–H and O–H groups in total. The molecule has 112 valence electrons. The number of ketones is 1. The van der Waals surface area contributed by atoms with Crippen LogP contribution in [-0.4, -0.2) is 54.5 Å². The number of amides is 1. The fourth-order valence-electron chi connectivity index (χ4n) is 1.25. The second kappa shape index (κ2) is 9.82. The van der Waals surface area contributed by atoms with E-state index in [4.69, 9.17) is 14.4 Å². The molecule has 0 saturated carbocycles. The molecule has 1 amide bonds. The molecule has 0 bridgehead atoms. The van der Waals surface area contributed by atoms with E-state index in [2.05, 4.69) is 14.8 Å². The third-order valence-corrected chi connectivity index (χ3v) is 2.31. The fraction of sp³-hybridized carbons (Fsp3) is 0.667. The Bertz CT molecular complexity index is 489. The summed E-state index contributed by atoms with van der Waals surface area (Å²) in [7, 11) is -2.76. The predicted molar refractivity (Wildman–Crippen MR) is 69.0 cm³/mol. The molecule has 0 rings (SSSR count). The van der Waals surface area contributed by atoms with Gasteiger partial charge in [-0.3, -0.25) is 9.59 Å². The monoisotopic (exact) mass is 288 g/mol. The standard InChI is InChI=1S/C12H19N3O5/c1-4-20-12(18)10(6-5-9(16)7-14-13)15-11(17)8(2)19-3/h7-8,10H,4-6H2,1-3H3,(H,15,17)/t8-,10-/m0/s1/i3D3. The smallest absolute Gasteiger partial charge is 0.328 e. The van der Waals surface area contributed by atoms with Crippen molar-refractivity contribution >= 4 is 23.9 Å². The molecular formula is C12H19N3O5. The number of nitrogens with zero attached hydrogens (tertiary/aromatic N) is 2. The average molecular weight is 288 g/mol. The molecule has 8 nitrogen and oxygen atoms in total. The number of Topliss-reactive ketones (excluding diaryl/α,β-unsaturated/α-hetero) is 1. The summed E-state index contributed by atoms with van der Waals surface area (Å²) in [5, 5.41) is 2.27. The van der Waals surface area contributed by atoms with Gasteiger partial charge < -0.3 is 20.3 Å². The van der Waals surface area contributed by atoms with Gasteiger partial charge in [-0.25, -0.2) is 4.79 Å². The summed E-state index contributed by atoms with van der Waals surface area (Å²) in [6, 6.07) is -1.15. The van der Waals surface area contributed by atoms with Crippen molar-refractivity contribution in [3.63, 3.8) is 0 Å². The third kappa shape index (κ3) is 6.77. The van der Waals surface area contributed by atoms with Crippen LogP contribution in [0.25, 0.3) is 5.53 Å². The highest BCUT2D eigenvalue weighted by molar-refractivity contribution is 6.25. The van der Waals surface area contributed by atoms with Crippen molar-refractivity contribution in [1.82, 2.24) is 5.32 Å². The Morgan fingerprint density at radius 2 is 2.20 bits per heavy atom. The molecule has 0 aromatic heterocycles. The van der Waals surface area contributed by atoms with Gasteiger partial charge in [0.15, 0.2) is 0 Å². The molecule has 0 aliphatic rings. The van der Waals surface area contributed by atoms with Gasteiger partial charge in [-0.15, -0.1) is 0 Å². The highest BCUT2D eigenvalue weighted by atomic mass is 16.5. The maximum Gasteiger partial charge on any atom is 0.328 e. The Hall–Kier alpha value is -2.05. The first-order chi connectivity index (χ1) is 10.6. The van der Waals surface area contributed by atoms with Crippen molar-refractivity contribution in [2.24, 2.45) is 0 Å². The van der Waals surface area contributed by atoms with E-state index in [0.29, 0.717) is 6.21 Å². The second-order valence-corrected chi connectivity index (χ2v) is 3.82. The Labute approximate surface area is 121 Å². The molecule has 0 aliphatic heterocycles. The average Bonchev–Trinajstić information content (AvgIpc) is 2.41. The van der Waals surface area contributed by atoms with Crippen LogP contribution in [0.1, 0.15) is 30.8 Å². The van der Waals surface area contributed by atoms with Crippen LogP contribution in [0.2, 0.25) is 0 Å². The number of hydrogen-bond acceptors (Lipinski definition) is 5. The van der Waals surface area contributed by atoms with Crippen LogP contribution in [0.15, 0.2) is 0 Å². The van der Waals surface area contributed by atoms with Gasteiger partial charge in [0.2, 0.25) is 11.7 Å². The lowest BCUT2D eigenvalue weighted by molar-refractivity contribution is -0.148. The van der Waals surface area contributed by atoms with E-state index in [1.807, 2.05) is 0 Å². The first-order valence-corrected chi connectivity index (χ1v) is 5.95. The molecule has 0 saturated heterocycles. The van der Waals surface area contributed by atoms with Gasteiger partial charge in [-0.05, 0) is 20.3 Å². The van der Waals surface area contributed by atoms with Crippen molar-refractivity contribution in [2.75, 3.05) is 13.6 Å². The van der Waals surface area contributed by atoms with Gasteiger partial charge >= 0.3 is 12.2 Å². The summed E-state index contributed by atoms with van der Waals surface area (Å²) >= 11 is 0. The van der Waals surface area contributed by atoms with Gasteiger partial charge in [-0.2, -0.15) is 4.79 Å². The molecule has 0 aliphatic carbocycles. The molecule has 0 unspecified atom stereocenters.